The third-order valence-corrected chi connectivity index (χ3v) is 3.48. The largest absolute Gasteiger partial charge is 0.497 e. The lowest BCUT2D eigenvalue weighted by Crippen LogP contribution is -2.25. The van der Waals surface area contributed by atoms with E-state index in [1.54, 1.807) is 31.4 Å². The number of carbonyl (C=O) groups is 1. The highest BCUT2D eigenvalue weighted by atomic mass is 16.6. The molecular weight excluding hydrogens is 288 g/mol. The first kappa shape index (κ1) is 15.9. The monoisotopic (exact) mass is 306 g/mol. The molecular formula is C15H18N2O5. The molecule has 7 nitrogen and oxygen atoms in total. The highest BCUT2D eigenvalue weighted by molar-refractivity contribution is 6.38. The van der Waals surface area contributed by atoms with Crippen LogP contribution in [-0.4, -0.2) is 36.5 Å². The van der Waals surface area contributed by atoms with Gasteiger partial charge in [-0.2, -0.15) is 0 Å². The zero-order valence-corrected chi connectivity index (χ0v) is 12.7. The van der Waals surface area contributed by atoms with E-state index in [-0.39, 0.29) is 12.5 Å². The molecule has 0 saturated heterocycles. The van der Waals surface area contributed by atoms with E-state index in [9.17, 15) is 14.9 Å². The minimum absolute atomic E-state index is 0.0791. The Labute approximate surface area is 128 Å². The molecule has 7 heteroatoms. The highest BCUT2D eigenvalue weighted by Gasteiger charge is 2.37. The molecule has 0 N–H and O–H groups in total. The summed E-state index contributed by atoms with van der Waals surface area (Å²) in [5.74, 6) is -0.550. The second-order valence-corrected chi connectivity index (χ2v) is 5.36. The normalized spacial score (nSPS) is 18.8. The van der Waals surface area contributed by atoms with Crippen molar-refractivity contribution in [1.29, 1.82) is 0 Å². The first-order chi connectivity index (χ1) is 10.4. The number of carbonyl (C=O) groups excluding carboxylic acids is 1. The summed E-state index contributed by atoms with van der Waals surface area (Å²) < 4.78 is 10.3. The minimum atomic E-state index is -0.858. The summed E-state index contributed by atoms with van der Waals surface area (Å²) in [4.78, 5) is 26.6. The standard InChI is InChI=1S/C15H18N2O5/c1-9(2)13-15(18)22-14(16-13)12(8-17(19)20)10-4-6-11(21-3)7-5-10/h4-7,9,12,14H,8H2,1-3H3/t12-,14?/m0/s1. The van der Waals surface area contributed by atoms with Gasteiger partial charge in [0.1, 0.15) is 17.4 Å². The number of aliphatic imine (C=N–C) groups is 1. The Bertz CT molecular complexity index is 594. The Morgan fingerprint density at radius 1 is 1.36 bits per heavy atom. The number of nitro groups is 1. The maximum atomic E-state index is 11.8. The second kappa shape index (κ2) is 6.55. The minimum Gasteiger partial charge on any atom is -0.497 e. The molecule has 22 heavy (non-hydrogen) atoms. The number of hydrogen-bond donors (Lipinski definition) is 0. The highest BCUT2D eigenvalue weighted by Crippen LogP contribution is 2.29. The summed E-state index contributed by atoms with van der Waals surface area (Å²) in [6, 6.07) is 6.88. The van der Waals surface area contributed by atoms with Gasteiger partial charge in [-0.15, -0.1) is 0 Å². The van der Waals surface area contributed by atoms with E-state index in [0.29, 0.717) is 17.0 Å². The topological polar surface area (TPSA) is 91.0 Å². The lowest BCUT2D eigenvalue weighted by atomic mass is 9.97. The Morgan fingerprint density at radius 3 is 2.45 bits per heavy atom. The van der Waals surface area contributed by atoms with Crippen LogP contribution in [0.4, 0.5) is 0 Å². The van der Waals surface area contributed by atoms with Gasteiger partial charge in [0.2, 0.25) is 12.8 Å². The summed E-state index contributed by atoms with van der Waals surface area (Å²) in [5.41, 5.74) is 1.01. The Morgan fingerprint density at radius 2 is 2.00 bits per heavy atom. The van der Waals surface area contributed by atoms with Crippen LogP contribution in [0.5, 0.6) is 5.75 Å². The maximum Gasteiger partial charge on any atom is 0.354 e. The number of nitrogens with zero attached hydrogens (tertiary/aromatic N) is 2. The van der Waals surface area contributed by atoms with Crippen molar-refractivity contribution in [3.05, 3.63) is 39.9 Å². The Hall–Kier alpha value is -2.44. The Balaban J connectivity index is 2.30. The molecule has 0 bridgehead atoms. The molecule has 1 aliphatic rings. The van der Waals surface area contributed by atoms with Crippen molar-refractivity contribution in [3.8, 4) is 5.75 Å². The number of rotatable bonds is 6. The van der Waals surface area contributed by atoms with E-state index in [1.165, 1.54) is 0 Å². The SMILES string of the molecule is COc1ccc([C@H](C[N+](=O)[O-])C2N=C(C(C)C)C(=O)O2)cc1. The van der Waals surface area contributed by atoms with Crippen LogP contribution >= 0.6 is 0 Å². The van der Waals surface area contributed by atoms with Crippen molar-refractivity contribution in [2.75, 3.05) is 13.7 Å². The van der Waals surface area contributed by atoms with Crippen LogP contribution in [-0.2, 0) is 9.53 Å². The molecule has 0 aliphatic carbocycles. The summed E-state index contributed by atoms with van der Waals surface area (Å²) >= 11 is 0. The van der Waals surface area contributed by atoms with Crippen LogP contribution < -0.4 is 4.74 Å². The fourth-order valence-corrected chi connectivity index (χ4v) is 2.31. The van der Waals surface area contributed by atoms with E-state index in [1.807, 2.05) is 13.8 Å². The molecule has 118 valence electrons. The smallest absolute Gasteiger partial charge is 0.354 e. The second-order valence-electron chi connectivity index (χ2n) is 5.36. The molecule has 1 aliphatic heterocycles. The third kappa shape index (κ3) is 3.41. The molecule has 0 aromatic heterocycles. The van der Waals surface area contributed by atoms with Gasteiger partial charge in [0, 0.05) is 10.8 Å². The first-order valence-electron chi connectivity index (χ1n) is 6.96. The summed E-state index contributed by atoms with van der Waals surface area (Å²) in [6.07, 6.45) is -0.858. The predicted octanol–water partition coefficient (Wildman–Crippen LogP) is 2.04. The fourth-order valence-electron chi connectivity index (χ4n) is 2.31. The van der Waals surface area contributed by atoms with Crippen molar-refractivity contribution in [3.63, 3.8) is 0 Å². The predicted molar refractivity (Wildman–Crippen MR) is 79.7 cm³/mol. The van der Waals surface area contributed by atoms with Crippen molar-refractivity contribution >= 4 is 11.7 Å². The average molecular weight is 306 g/mol. The van der Waals surface area contributed by atoms with E-state index in [4.69, 9.17) is 9.47 Å². The molecule has 0 spiro atoms. The number of cyclic esters (lactones) is 1. The first-order valence-corrected chi connectivity index (χ1v) is 6.96. The van der Waals surface area contributed by atoms with E-state index < -0.39 is 23.0 Å². The van der Waals surface area contributed by atoms with Gasteiger partial charge in [-0.3, -0.25) is 10.1 Å². The van der Waals surface area contributed by atoms with Crippen molar-refractivity contribution < 1.29 is 19.2 Å². The third-order valence-electron chi connectivity index (χ3n) is 3.48. The van der Waals surface area contributed by atoms with Gasteiger partial charge < -0.3 is 9.47 Å². The van der Waals surface area contributed by atoms with Crippen LogP contribution in [0.3, 0.4) is 0 Å². The molecule has 1 aromatic rings. The van der Waals surface area contributed by atoms with Gasteiger partial charge in [0.25, 0.3) is 0 Å². The number of ether oxygens (including phenoxy) is 2. The molecule has 0 saturated carbocycles. The molecule has 1 heterocycles. The molecule has 0 amide bonds. The van der Waals surface area contributed by atoms with Gasteiger partial charge in [-0.25, -0.2) is 9.79 Å². The summed E-state index contributed by atoms with van der Waals surface area (Å²) in [7, 11) is 1.54. The molecule has 0 radical (unpaired) electrons. The van der Waals surface area contributed by atoms with Gasteiger partial charge in [-0.1, -0.05) is 26.0 Å². The van der Waals surface area contributed by atoms with E-state index >= 15 is 0 Å². The lowest BCUT2D eigenvalue weighted by molar-refractivity contribution is -0.485. The van der Waals surface area contributed by atoms with Crippen molar-refractivity contribution in [2.45, 2.75) is 26.0 Å². The van der Waals surface area contributed by atoms with Gasteiger partial charge >= 0.3 is 5.97 Å². The van der Waals surface area contributed by atoms with Crippen LogP contribution in [0.25, 0.3) is 0 Å². The molecule has 2 rings (SSSR count). The van der Waals surface area contributed by atoms with Gasteiger partial charge in [0.15, 0.2) is 0 Å². The van der Waals surface area contributed by atoms with E-state index in [0.717, 1.165) is 0 Å². The number of benzene rings is 1. The molecule has 1 unspecified atom stereocenters. The fraction of sp³-hybridized carbons (Fsp3) is 0.467. The van der Waals surface area contributed by atoms with Crippen LogP contribution in [0.1, 0.15) is 25.3 Å². The quantitative estimate of drug-likeness (QED) is 0.455. The number of methoxy groups -OCH3 is 1. The maximum absolute atomic E-state index is 11.8. The number of hydrogen-bond acceptors (Lipinski definition) is 6. The summed E-state index contributed by atoms with van der Waals surface area (Å²) in [5, 5.41) is 11.0. The van der Waals surface area contributed by atoms with E-state index in [2.05, 4.69) is 4.99 Å². The molecule has 1 aromatic carbocycles. The van der Waals surface area contributed by atoms with Crippen molar-refractivity contribution in [1.82, 2.24) is 0 Å². The molecule has 0 fully saturated rings. The molecule has 2 atom stereocenters. The van der Waals surface area contributed by atoms with Crippen LogP contribution in [0.2, 0.25) is 0 Å². The average Bonchev–Trinajstić information content (AvgIpc) is 2.87. The van der Waals surface area contributed by atoms with Crippen molar-refractivity contribution in [2.24, 2.45) is 10.9 Å². The summed E-state index contributed by atoms with van der Waals surface area (Å²) in [6.45, 7) is 3.30. The van der Waals surface area contributed by atoms with Gasteiger partial charge in [0.05, 0.1) is 7.11 Å². The van der Waals surface area contributed by atoms with Crippen LogP contribution in [0, 0.1) is 16.0 Å². The van der Waals surface area contributed by atoms with Gasteiger partial charge in [-0.05, 0) is 17.7 Å². The lowest BCUT2D eigenvalue weighted by Gasteiger charge is -2.17. The zero-order valence-electron chi connectivity index (χ0n) is 12.7. The zero-order chi connectivity index (χ0) is 16.3. The number of esters is 1. The van der Waals surface area contributed by atoms with Crippen LogP contribution in [0.15, 0.2) is 29.3 Å². The Kier molecular flexibility index (Phi) is 4.75.